The second-order valence-electron chi connectivity index (χ2n) is 4.15. The number of aromatic hydroxyl groups is 1. The molecule has 0 fully saturated rings. The van der Waals surface area contributed by atoms with Crippen molar-refractivity contribution < 1.29 is 14.2 Å². The fourth-order valence-electron chi connectivity index (χ4n) is 1.83. The van der Waals surface area contributed by atoms with Crippen LogP contribution in [0.3, 0.4) is 0 Å². The number of ether oxygens (including phenoxy) is 1. The minimum atomic E-state index is -0.432. The van der Waals surface area contributed by atoms with E-state index in [1.807, 2.05) is 6.92 Å². The zero-order chi connectivity index (χ0) is 14.5. The maximum absolute atomic E-state index is 13.6. The summed E-state index contributed by atoms with van der Waals surface area (Å²) >= 11 is 5.93. The normalized spacial score (nSPS) is 10.3. The van der Waals surface area contributed by atoms with E-state index >= 15 is 0 Å². The predicted octanol–water partition coefficient (Wildman–Crippen LogP) is 4.20. The van der Waals surface area contributed by atoms with Crippen molar-refractivity contribution in [3.63, 3.8) is 0 Å². The number of nitrogens with one attached hydrogen (secondary N) is 1. The zero-order valence-electron chi connectivity index (χ0n) is 11.0. The van der Waals surface area contributed by atoms with Gasteiger partial charge in [0.25, 0.3) is 0 Å². The Bertz CT molecular complexity index is 584. The van der Waals surface area contributed by atoms with Gasteiger partial charge in [-0.15, -0.1) is 0 Å². The molecule has 0 saturated carbocycles. The molecule has 2 aromatic carbocycles. The molecule has 2 aromatic rings. The van der Waals surface area contributed by atoms with Crippen molar-refractivity contribution in [2.24, 2.45) is 0 Å². The van der Waals surface area contributed by atoms with E-state index in [2.05, 4.69) is 5.32 Å². The number of phenols is 1. The van der Waals surface area contributed by atoms with Crippen molar-refractivity contribution in [3.05, 3.63) is 52.8 Å². The van der Waals surface area contributed by atoms with E-state index in [4.69, 9.17) is 16.3 Å². The van der Waals surface area contributed by atoms with E-state index in [1.165, 1.54) is 12.1 Å². The van der Waals surface area contributed by atoms with E-state index in [9.17, 15) is 9.50 Å². The van der Waals surface area contributed by atoms with Crippen molar-refractivity contribution in [3.8, 4) is 11.5 Å². The third kappa shape index (κ3) is 3.14. The van der Waals surface area contributed by atoms with E-state index < -0.39 is 5.82 Å². The second-order valence-corrected chi connectivity index (χ2v) is 4.55. The largest absolute Gasteiger partial charge is 0.504 e. The summed E-state index contributed by atoms with van der Waals surface area (Å²) in [6.07, 6.45) is 0. The van der Waals surface area contributed by atoms with Crippen LogP contribution in [0.25, 0.3) is 0 Å². The predicted molar refractivity (Wildman–Crippen MR) is 78.0 cm³/mol. The summed E-state index contributed by atoms with van der Waals surface area (Å²) in [7, 11) is 0. The first kappa shape index (κ1) is 14.5. The Morgan fingerprint density at radius 3 is 2.70 bits per heavy atom. The minimum absolute atomic E-state index is 0.0503. The molecule has 0 bridgehead atoms. The van der Waals surface area contributed by atoms with Gasteiger partial charge in [0.2, 0.25) is 0 Å². The van der Waals surface area contributed by atoms with Gasteiger partial charge < -0.3 is 15.2 Å². The maximum atomic E-state index is 13.6. The molecule has 0 radical (unpaired) electrons. The average molecular weight is 296 g/mol. The van der Waals surface area contributed by atoms with Crippen LogP contribution in [0.2, 0.25) is 5.02 Å². The van der Waals surface area contributed by atoms with Gasteiger partial charge in [0, 0.05) is 12.1 Å². The monoisotopic (exact) mass is 295 g/mol. The molecule has 2 rings (SSSR count). The molecule has 20 heavy (non-hydrogen) atoms. The van der Waals surface area contributed by atoms with Crippen molar-refractivity contribution >= 4 is 17.3 Å². The molecule has 0 spiro atoms. The Labute approximate surface area is 122 Å². The molecule has 0 amide bonds. The van der Waals surface area contributed by atoms with Crippen LogP contribution in [0.4, 0.5) is 10.1 Å². The maximum Gasteiger partial charge on any atom is 0.162 e. The number of anilines is 1. The Morgan fingerprint density at radius 1 is 1.25 bits per heavy atom. The number of phenolic OH excluding ortho intramolecular Hbond substituents is 1. The first-order chi connectivity index (χ1) is 9.63. The number of halogens is 2. The van der Waals surface area contributed by atoms with Gasteiger partial charge in [-0.1, -0.05) is 29.8 Å². The number of para-hydroxylation sites is 2. The van der Waals surface area contributed by atoms with Crippen molar-refractivity contribution in [1.82, 2.24) is 0 Å². The zero-order valence-corrected chi connectivity index (χ0v) is 11.7. The standard InChI is InChI=1S/C15H15ClFNO2/c1-2-20-13-8-3-5-10(15(13)19)9-18-14-11(16)6-4-7-12(14)17/h3-8,18-19H,2,9H2,1H3. The van der Waals surface area contributed by atoms with Gasteiger partial charge in [-0.25, -0.2) is 4.39 Å². The number of hydrogen-bond acceptors (Lipinski definition) is 3. The fourth-order valence-corrected chi connectivity index (χ4v) is 2.06. The number of hydrogen-bond donors (Lipinski definition) is 2. The van der Waals surface area contributed by atoms with Gasteiger partial charge in [-0.05, 0) is 25.1 Å². The Hall–Kier alpha value is -1.94. The van der Waals surface area contributed by atoms with E-state index in [0.717, 1.165) is 0 Å². The number of benzene rings is 2. The van der Waals surface area contributed by atoms with E-state index in [1.54, 1.807) is 24.3 Å². The molecule has 0 aromatic heterocycles. The van der Waals surface area contributed by atoms with Crippen LogP contribution in [0.5, 0.6) is 11.5 Å². The Balaban J connectivity index is 2.17. The molecule has 0 saturated heterocycles. The van der Waals surface area contributed by atoms with Crippen LogP contribution < -0.4 is 10.1 Å². The Morgan fingerprint density at radius 2 is 2.00 bits per heavy atom. The average Bonchev–Trinajstić information content (AvgIpc) is 2.42. The third-order valence-electron chi connectivity index (χ3n) is 2.80. The van der Waals surface area contributed by atoms with Gasteiger partial charge in [-0.2, -0.15) is 0 Å². The molecular weight excluding hydrogens is 281 g/mol. The summed E-state index contributed by atoms with van der Waals surface area (Å²) in [5.41, 5.74) is 0.825. The molecule has 0 aliphatic rings. The summed E-state index contributed by atoms with van der Waals surface area (Å²) in [6.45, 7) is 2.54. The SMILES string of the molecule is CCOc1cccc(CNc2c(F)cccc2Cl)c1O. The topological polar surface area (TPSA) is 41.5 Å². The minimum Gasteiger partial charge on any atom is -0.504 e. The molecule has 106 valence electrons. The van der Waals surface area contributed by atoms with Gasteiger partial charge in [0.15, 0.2) is 11.5 Å². The van der Waals surface area contributed by atoms with Gasteiger partial charge in [0.1, 0.15) is 5.82 Å². The fraction of sp³-hybridized carbons (Fsp3) is 0.200. The molecule has 5 heteroatoms. The highest BCUT2D eigenvalue weighted by Gasteiger charge is 2.10. The summed E-state index contributed by atoms with van der Waals surface area (Å²) < 4.78 is 18.9. The lowest BCUT2D eigenvalue weighted by Gasteiger charge is -2.12. The van der Waals surface area contributed by atoms with Crippen LogP contribution in [-0.2, 0) is 6.54 Å². The lowest BCUT2D eigenvalue weighted by atomic mass is 10.1. The Kier molecular flexibility index (Phi) is 4.69. The van der Waals surface area contributed by atoms with Gasteiger partial charge in [0.05, 0.1) is 17.3 Å². The first-order valence-corrected chi connectivity index (χ1v) is 6.62. The lowest BCUT2D eigenvalue weighted by molar-refractivity contribution is 0.317. The van der Waals surface area contributed by atoms with Crippen LogP contribution in [0.15, 0.2) is 36.4 Å². The van der Waals surface area contributed by atoms with Crippen molar-refractivity contribution in [2.75, 3.05) is 11.9 Å². The molecule has 0 atom stereocenters. The summed E-state index contributed by atoms with van der Waals surface area (Å²) in [6, 6.07) is 9.65. The molecule has 0 unspecified atom stereocenters. The van der Waals surface area contributed by atoms with E-state index in [-0.39, 0.29) is 18.0 Å². The van der Waals surface area contributed by atoms with Crippen molar-refractivity contribution in [1.29, 1.82) is 0 Å². The number of rotatable bonds is 5. The first-order valence-electron chi connectivity index (χ1n) is 6.25. The van der Waals surface area contributed by atoms with Crippen LogP contribution in [0, 0.1) is 5.82 Å². The highest BCUT2D eigenvalue weighted by atomic mass is 35.5. The molecule has 0 heterocycles. The van der Waals surface area contributed by atoms with Gasteiger partial charge in [-0.3, -0.25) is 0 Å². The van der Waals surface area contributed by atoms with Crippen LogP contribution in [-0.4, -0.2) is 11.7 Å². The summed E-state index contributed by atoms with van der Waals surface area (Å²) in [5, 5.41) is 13.2. The quantitative estimate of drug-likeness (QED) is 0.869. The smallest absolute Gasteiger partial charge is 0.162 e. The summed E-state index contributed by atoms with van der Waals surface area (Å²) in [5.74, 6) is 0.0266. The third-order valence-corrected chi connectivity index (χ3v) is 3.12. The van der Waals surface area contributed by atoms with Crippen LogP contribution >= 0.6 is 11.6 Å². The molecule has 0 aliphatic carbocycles. The van der Waals surface area contributed by atoms with E-state index in [0.29, 0.717) is 22.9 Å². The molecule has 0 aliphatic heterocycles. The molecular formula is C15H15ClFNO2. The van der Waals surface area contributed by atoms with Crippen molar-refractivity contribution in [2.45, 2.75) is 13.5 Å². The highest BCUT2D eigenvalue weighted by Crippen LogP contribution is 2.31. The lowest BCUT2D eigenvalue weighted by Crippen LogP contribution is -2.03. The molecule has 2 N–H and O–H groups in total. The highest BCUT2D eigenvalue weighted by molar-refractivity contribution is 6.33. The van der Waals surface area contributed by atoms with Gasteiger partial charge >= 0.3 is 0 Å². The van der Waals surface area contributed by atoms with Crippen LogP contribution in [0.1, 0.15) is 12.5 Å². The summed E-state index contributed by atoms with van der Waals surface area (Å²) in [4.78, 5) is 0. The molecule has 3 nitrogen and oxygen atoms in total. The second kappa shape index (κ2) is 6.48.